The number of esters is 2. The number of rotatable bonds is 11. The van der Waals surface area contributed by atoms with E-state index >= 15 is 0 Å². The van der Waals surface area contributed by atoms with Gasteiger partial charge < -0.3 is 9.47 Å². The number of halogens is 2. The van der Waals surface area contributed by atoms with Gasteiger partial charge in [-0.05, 0) is 62.8 Å². The first kappa shape index (κ1) is 23.1. The van der Waals surface area contributed by atoms with Gasteiger partial charge in [-0.3, -0.25) is 9.59 Å². The van der Waals surface area contributed by atoms with Gasteiger partial charge >= 0.3 is 11.9 Å². The molecule has 0 saturated heterocycles. The summed E-state index contributed by atoms with van der Waals surface area (Å²) in [7, 11) is 0. The third-order valence-corrected chi connectivity index (χ3v) is 4.47. The fraction of sp³-hybridized carbons (Fsp3) is 0.619. The molecule has 27 heavy (non-hydrogen) atoms. The Labute approximate surface area is 160 Å². The average molecular weight is 384 g/mol. The van der Waals surface area contributed by atoms with Gasteiger partial charge in [0.2, 0.25) is 5.92 Å². The van der Waals surface area contributed by atoms with Gasteiger partial charge in [0.05, 0.1) is 19.6 Å². The molecular weight excluding hydrogens is 354 g/mol. The first-order chi connectivity index (χ1) is 12.6. The average Bonchev–Trinajstić information content (AvgIpc) is 2.57. The van der Waals surface area contributed by atoms with Crippen molar-refractivity contribution < 1.29 is 27.8 Å². The normalized spacial score (nSPS) is 11.3. The number of hydrogen-bond acceptors (Lipinski definition) is 4. The van der Waals surface area contributed by atoms with E-state index in [4.69, 9.17) is 9.47 Å². The fourth-order valence-corrected chi connectivity index (χ4v) is 2.78. The molecule has 0 fully saturated rings. The summed E-state index contributed by atoms with van der Waals surface area (Å²) in [5, 5.41) is 0. The van der Waals surface area contributed by atoms with E-state index in [2.05, 4.69) is 0 Å². The smallest absolute Gasteiger partial charge is 0.310 e. The maximum Gasteiger partial charge on any atom is 0.310 e. The molecule has 0 bridgehead atoms. The molecule has 0 unspecified atom stereocenters. The van der Waals surface area contributed by atoms with Crippen molar-refractivity contribution in [3.63, 3.8) is 0 Å². The summed E-state index contributed by atoms with van der Waals surface area (Å²) in [5.41, 5.74) is 4.18. The molecule has 0 spiro atoms. The molecule has 0 aliphatic heterocycles. The minimum Gasteiger partial charge on any atom is -0.466 e. The minimum absolute atomic E-state index is 0.00622. The van der Waals surface area contributed by atoms with Gasteiger partial charge in [-0.25, -0.2) is 8.78 Å². The molecular formula is C21H30F2O4. The van der Waals surface area contributed by atoms with Crippen LogP contribution < -0.4 is 0 Å². The molecule has 0 amide bonds. The van der Waals surface area contributed by atoms with Crippen LogP contribution >= 0.6 is 0 Å². The van der Waals surface area contributed by atoms with Crippen LogP contribution in [0.2, 0.25) is 0 Å². The van der Waals surface area contributed by atoms with Gasteiger partial charge in [0.25, 0.3) is 0 Å². The quantitative estimate of drug-likeness (QED) is 0.404. The second kappa shape index (κ2) is 11.0. The monoisotopic (exact) mass is 384 g/mol. The largest absolute Gasteiger partial charge is 0.466 e. The van der Waals surface area contributed by atoms with Gasteiger partial charge in [0, 0.05) is 19.3 Å². The Bertz CT molecular complexity index is 641. The standard InChI is InChI=1S/C21H30F2O4/c1-5-26-19(24)8-6-9-21(22,23)10-7-11-27-20(25)14-18-13-16(3)15(2)12-17(18)4/h12-13H,5-11,14H2,1-4H3. The van der Waals surface area contributed by atoms with Crippen molar-refractivity contribution in [2.45, 2.75) is 72.1 Å². The molecule has 1 rings (SSSR count). The highest BCUT2D eigenvalue weighted by atomic mass is 19.3. The number of aryl methyl sites for hydroxylation is 3. The zero-order valence-electron chi connectivity index (χ0n) is 16.7. The number of alkyl halides is 2. The van der Waals surface area contributed by atoms with Gasteiger partial charge in [0.1, 0.15) is 0 Å². The predicted octanol–water partition coefficient (Wildman–Crippen LogP) is 4.85. The van der Waals surface area contributed by atoms with Crippen molar-refractivity contribution in [3.8, 4) is 0 Å². The summed E-state index contributed by atoms with van der Waals surface area (Å²) >= 11 is 0. The number of hydrogen-bond donors (Lipinski definition) is 0. The summed E-state index contributed by atoms with van der Waals surface area (Å²) in [6, 6.07) is 3.98. The topological polar surface area (TPSA) is 52.6 Å². The lowest BCUT2D eigenvalue weighted by molar-refractivity contribution is -0.145. The zero-order chi connectivity index (χ0) is 20.4. The highest BCUT2D eigenvalue weighted by molar-refractivity contribution is 5.73. The Hall–Kier alpha value is -1.98. The van der Waals surface area contributed by atoms with Crippen molar-refractivity contribution in [2.75, 3.05) is 13.2 Å². The van der Waals surface area contributed by atoms with Crippen LogP contribution in [0, 0.1) is 20.8 Å². The van der Waals surface area contributed by atoms with Crippen LogP contribution in [0.4, 0.5) is 8.78 Å². The third-order valence-electron chi connectivity index (χ3n) is 4.47. The summed E-state index contributed by atoms with van der Waals surface area (Å²) in [6.07, 6.45) is -0.439. The second-order valence-corrected chi connectivity index (χ2v) is 6.88. The van der Waals surface area contributed by atoms with Crippen molar-refractivity contribution in [1.29, 1.82) is 0 Å². The number of carbonyl (C=O) groups is 2. The molecule has 0 aliphatic rings. The summed E-state index contributed by atoms with van der Waals surface area (Å²) in [6.45, 7) is 7.82. The van der Waals surface area contributed by atoms with Crippen molar-refractivity contribution in [3.05, 3.63) is 34.4 Å². The molecule has 0 atom stereocenters. The first-order valence-electron chi connectivity index (χ1n) is 9.40. The SMILES string of the molecule is CCOC(=O)CCCC(F)(F)CCCOC(=O)Cc1cc(C)c(C)cc1C. The Kier molecular flexibility index (Phi) is 9.39. The second-order valence-electron chi connectivity index (χ2n) is 6.88. The molecule has 0 heterocycles. The minimum atomic E-state index is -2.87. The third kappa shape index (κ3) is 8.98. The zero-order valence-corrected chi connectivity index (χ0v) is 16.7. The van der Waals surface area contributed by atoms with Crippen LogP contribution in [-0.4, -0.2) is 31.1 Å². The summed E-state index contributed by atoms with van der Waals surface area (Å²) in [5.74, 6) is -3.74. The molecule has 1 aromatic rings. The number of benzene rings is 1. The Morgan fingerprint density at radius 1 is 0.926 bits per heavy atom. The molecule has 152 valence electrons. The van der Waals surface area contributed by atoms with E-state index in [0.29, 0.717) is 0 Å². The molecule has 0 aromatic heterocycles. The molecule has 0 N–H and O–H groups in total. The Morgan fingerprint density at radius 3 is 2.22 bits per heavy atom. The maximum absolute atomic E-state index is 13.8. The van der Waals surface area contributed by atoms with Gasteiger partial charge in [-0.2, -0.15) is 0 Å². The Balaban J connectivity index is 2.29. The van der Waals surface area contributed by atoms with Crippen molar-refractivity contribution in [1.82, 2.24) is 0 Å². The van der Waals surface area contributed by atoms with Crippen LogP contribution in [0.3, 0.4) is 0 Å². The molecule has 1 aromatic carbocycles. The molecule has 0 saturated carbocycles. The lowest BCUT2D eigenvalue weighted by Gasteiger charge is -2.16. The van der Waals surface area contributed by atoms with E-state index < -0.39 is 17.9 Å². The van der Waals surface area contributed by atoms with Gasteiger partial charge in [0.15, 0.2) is 0 Å². The lowest BCUT2D eigenvalue weighted by atomic mass is 9.99. The van der Waals surface area contributed by atoms with Crippen LogP contribution in [0.1, 0.15) is 61.3 Å². The number of ether oxygens (including phenoxy) is 2. The maximum atomic E-state index is 13.8. The van der Waals surface area contributed by atoms with E-state index in [1.165, 1.54) is 0 Å². The van der Waals surface area contributed by atoms with Crippen LogP contribution in [0.25, 0.3) is 0 Å². The van der Waals surface area contributed by atoms with Crippen LogP contribution in [0.15, 0.2) is 12.1 Å². The summed E-state index contributed by atoms with van der Waals surface area (Å²) in [4.78, 5) is 23.1. The van der Waals surface area contributed by atoms with E-state index in [0.717, 1.165) is 22.3 Å². The first-order valence-corrected chi connectivity index (χ1v) is 9.40. The van der Waals surface area contributed by atoms with Crippen molar-refractivity contribution >= 4 is 11.9 Å². The molecule has 0 radical (unpaired) electrons. The van der Waals surface area contributed by atoms with E-state index in [1.54, 1.807) is 6.92 Å². The lowest BCUT2D eigenvalue weighted by Crippen LogP contribution is -2.18. The Morgan fingerprint density at radius 2 is 1.56 bits per heavy atom. The van der Waals surface area contributed by atoms with Gasteiger partial charge in [-0.15, -0.1) is 0 Å². The summed E-state index contributed by atoms with van der Waals surface area (Å²) < 4.78 is 37.4. The van der Waals surface area contributed by atoms with E-state index in [9.17, 15) is 18.4 Å². The highest BCUT2D eigenvalue weighted by Gasteiger charge is 2.28. The van der Waals surface area contributed by atoms with Crippen LogP contribution in [0.5, 0.6) is 0 Å². The number of carbonyl (C=O) groups excluding carboxylic acids is 2. The van der Waals surface area contributed by atoms with Crippen molar-refractivity contribution in [2.24, 2.45) is 0 Å². The molecule has 0 aliphatic carbocycles. The van der Waals surface area contributed by atoms with Crippen LogP contribution in [-0.2, 0) is 25.5 Å². The molecule has 4 nitrogen and oxygen atoms in total. The van der Waals surface area contributed by atoms with E-state index in [-0.39, 0.29) is 51.7 Å². The van der Waals surface area contributed by atoms with E-state index in [1.807, 2.05) is 32.9 Å². The molecule has 6 heteroatoms. The fourth-order valence-electron chi connectivity index (χ4n) is 2.78. The highest BCUT2D eigenvalue weighted by Crippen LogP contribution is 2.27. The van der Waals surface area contributed by atoms with Gasteiger partial charge in [-0.1, -0.05) is 12.1 Å². The predicted molar refractivity (Wildman–Crippen MR) is 100.0 cm³/mol.